The van der Waals surface area contributed by atoms with Crippen molar-refractivity contribution in [1.82, 2.24) is 15.3 Å². The number of carbonyl (C=O) groups excluding carboxylic acids is 1. The molecule has 1 aromatic heterocycles. The molecule has 4 rings (SSSR count). The van der Waals surface area contributed by atoms with Gasteiger partial charge in [-0.1, -0.05) is 36.4 Å². The van der Waals surface area contributed by atoms with Gasteiger partial charge in [0.05, 0.1) is 25.2 Å². The number of hydrogen-bond donors (Lipinski definition) is 2. The van der Waals surface area contributed by atoms with E-state index in [9.17, 15) is 4.79 Å². The molecule has 1 fully saturated rings. The maximum atomic E-state index is 12.5. The average Bonchev–Trinajstić information content (AvgIpc) is 2.75. The minimum atomic E-state index is -0.176. The fraction of sp³-hybridized carbons (Fsp3) is 0.318. The van der Waals surface area contributed by atoms with E-state index in [1.54, 1.807) is 19.5 Å². The molecule has 0 spiro atoms. The Morgan fingerprint density at radius 1 is 1.00 bits per heavy atom. The van der Waals surface area contributed by atoms with Crippen molar-refractivity contribution in [2.75, 3.05) is 12.4 Å². The van der Waals surface area contributed by atoms with Crippen LogP contribution >= 0.6 is 0 Å². The molecule has 1 saturated carbocycles. The number of benzene rings is 2. The number of carbonyl (C=O) groups is 1. The number of hydrogen-bond acceptors (Lipinski definition) is 5. The van der Waals surface area contributed by atoms with Crippen LogP contribution in [0.15, 0.2) is 54.9 Å². The van der Waals surface area contributed by atoms with E-state index in [0.29, 0.717) is 11.8 Å². The number of urea groups is 1. The zero-order valence-corrected chi connectivity index (χ0v) is 16.3. The second-order valence-electron chi connectivity index (χ2n) is 7.12. The van der Waals surface area contributed by atoms with Gasteiger partial charge >= 0.3 is 6.03 Å². The molecule has 0 unspecified atom stereocenters. The summed E-state index contributed by atoms with van der Waals surface area (Å²) in [6.45, 7) is 0. The molecule has 2 amide bonds. The van der Waals surface area contributed by atoms with Crippen molar-refractivity contribution in [3.05, 3.63) is 54.9 Å². The smallest absolute Gasteiger partial charge is 0.319 e. The minimum Gasteiger partial charge on any atom is -0.480 e. The Bertz CT molecular complexity index is 981. The summed E-state index contributed by atoms with van der Waals surface area (Å²) in [5, 5.41) is 8.19. The summed E-state index contributed by atoms with van der Waals surface area (Å²) in [7, 11) is 1.55. The lowest BCUT2D eigenvalue weighted by atomic mass is 9.93. The fourth-order valence-electron chi connectivity index (χ4n) is 3.66. The van der Waals surface area contributed by atoms with Gasteiger partial charge in [0.2, 0.25) is 11.8 Å². The van der Waals surface area contributed by atoms with Crippen LogP contribution in [0.4, 0.5) is 10.5 Å². The predicted molar refractivity (Wildman–Crippen MR) is 111 cm³/mol. The predicted octanol–water partition coefficient (Wildman–Crippen LogP) is 4.15. The summed E-state index contributed by atoms with van der Waals surface area (Å²) in [6, 6.07) is 13.9. The van der Waals surface area contributed by atoms with Gasteiger partial charge < -0.3 is 20.1 Å². The maximum absolute atomic E-state index is 12.5. The number of anilines is 1. The lowest BCUT2D eigenvalue weighted by Crippen LogP contribution is -2.41. The first kappa shape index (κ1) is 19.0. The second kappa shape index (κ2) is 8.77. The zero-order valence-electron chi connectivity index (χ0n) is 16.3. The number of rotatable bonds is 5. The van der Waals surface area contributed by atoms with E-state index in [1.807, 2.05) is 42.5 Å². The van der Waals surface area contributed by atoms with Crippen LogP contribution in [-0.4, -0.2) is 35.3 Å². The third kappa shape index (κ3) is 4.74. The Hall–Kier alpha value is -3.35. The van der Waals surface area contributed by atoms with Crippen molar-refractivity contribution < 1.29 is 14.3 Å². The Morgan fingerprint density at radius 3 is 2.59 bits per heavy atom. The number of fused-ring (bicyclic) bond motifs is 1. The number of amides is 2. The molecule has 7 nitrogen and oxygen atoms in total. The van der Waals surface area contributed by atoms with Crippen LogP contribution in [0.2, 0.25) is 0 Å². The summed E-state index contributed by atoms with van der Waals surface area (Å²) < 4.78 is 11.0. The Kier molecular flexibility index (Phi) is 5.74. The molecule has 150 valence electrons. The molecule has 0 atom stereocenters. The first-order valence-corrected chi connectivity index (χ1v) is 9.79. The Balaban J connectivity index is 1.28. The molecule has 2 N–H and O–H groups in total. The van der Waals surface area contributed by atoms with E-state index < -0.39 is 0 Å². The standard InChI is InChI=1S/C22H24N4O3/c1-28-20-13-23-14-21(26-20)29-17-11-9-16(10-12-17)24-22(27)25-19-8-4-6-15-5-2-3-7-18(15)19/h2-8,13-14,16-17H,9-12H2,1H3,(H2,24,25,27). The lowest BCUT2D eigenvalue weighted by Gasteiger charge is -2.29. The quantitative estimate of drug-likeness (QED) is 0.681. The first-order chi connectivity index (χ1) is 14.2. The minimum absolute atomic E-state index is 0.0654. The molecule has 0 saturated heterocycles. The van der Waals surface area contributed by atoms with Gasteiger partial charge in [0, 0.05) is 11.4 Å². The normalized spacial score (nSPS) is 18.8. The lowest BCUT2D eigenvalue weighted by molar-refractivity contribution is 0.134. The molecule has 1 aliphatic rings. The van der Waals surface area contributed by atoms with Crippen LogP contribution in [0, 0.1) is 0 Å². The van der Waals surface area contributed by atoms with Crippen molar-refractivity contribution >= 4 is 22.5 Å². The van der Waals surface area contributed by atoms with Gasteiger partial charge in [0.1, 0.15) is 6.10 Å². The van der Waals surface area contributed by atoms with Crippen molar-refractivity contribution in [2.45, 2.75) is 37.8 Å². The molecule has 2 aromatic carbocycles. The molecule has 3 aromatic rings. The van der Waals surface area contributed by atoms with Crippen molar-refractivity contribution in [3.8, 4) is 11.8 Å². The number of nitrogens with one attached hydrogen (secondary N) is 2. The summed E-state index contributed by atoms with van der Waals surface area (Å²) in [4.78, 5) is 20.8. The number of methoxy groups -OCH3 is 1. The van der Waals surface area contributed by atoms with Gasteiger partial charge in [0.25, 0.3) is 0 Å². The number of nitrogens with zero attached hydrogens (tertiary/aromatic N) is 2. The third-order valence-electron chi connectivity index (χ3n) is 5.13. The number of ether oxygens (including phenoxy) is 2. The summed E-state index contributed by atoms with van der Waals surface area (Å²) in [6.07, 6.45) is 6.59. The van der Waals surface area contributed by atoms with E-state index in [0.717, 1.165) is 42.1 Å². The van der Waals surface area contributed by atoms with E-state index >= 15 is 0 Å². The molecular formula is C22H24N4O3. The van der Waals surface area contributed by atoms with Gasteiger partial charge in [-0.15, -0.1) is 0 Å². The van der Waals surface area contributed by atoms with E-state index in [4.69, 9.17) is 9.47 Å². The number of aromatic nitrogens is 2. The van der Waals surface area contributed by atoms with Gasteiger partial charge in [-0.2, -0.15) is 4.98 Å². The fourth-order valence-corrected chi connectivity index (χ4v) is 3.66. The van der Waals surface area contributed by atoms with Crippen molar-refractivity contribution in [1.29, 1.82) is 0 Å². The monoisotopic (exact) mass is 392 g/mol. The SMILES string of the molecule is COc1cncc(OC2CCC(NC(=O)Nc3cccc4ccccc34)CC2)n1. The molecule has 1 heterocycles. The van der Waals surface area contributed by atoms with E-state index in [-0.39, 0.29) is 18.2 Å². The molecular weight excluding hydrogens is 368 g/mol. The topological polar surface area (TPSA) is 85.4 Å². The highest BCUT2D eigenvalue weighted by Crippen LogP contribution is 2.25. The van der Waals surface area contributed by atoms with Crippen molar-refractivity contribution in [3.63, 3.8) is 0 Å². The Morgan fingerprint density at radius 2 is 1.76 bits per heavy atom. The maximum Gasteiger partial charge on any atom is 0.319 e. The van der Waals surface area contributed by atoms with E-state index in [1.165, 1.54) is 0 Å². The summed E-state index contributed by atoms with van der Waals surface area (Å²) in [5.74, 6) is 0.900. The van der Waals surface area contributed by atoms with Crippen LogP contribution in [-0.2, 0) is 0 Å². The molecule has 0 aliphatic heterocycles. The van der Waals surface area contributed by atoms with Crippen molar-refractivity contribution in [2.24, 2.45) is 0 Å². The highest BCUT2D eigenvalue weighted by atomic mass is 16.5. The summed E-state index contributed by atoms with van der Waals surface area (Å²) in [5.41, 5.74) is 0.814. The van der Waals surface area contributed by atoms with Crippen LogP contribution < -0.4 is 20.1 Å². The van der Waals surface area contributed by atoms with Gasteiger partial charge in [0.15, 0.2) is 0 Å². The first-order valence-electron chi connectivity index (χ1n) is 9.79. The zero-order chi connectivity index (χ0) is 20.1. The molecule has 29 heavy (non-hydrogen) atoms. The van der Waals surface area contributed by atoms with E-state index in [2.05, 4.69) is 20.6 Å². The van der Waals surface area contributed by atoms with Gasteiger partial charge in [-0.25, -0.2) is 4.79 Å². The van der Waals surface area contributed by atoms with Crippen LogP contribution in [0.3, 0.4) is 0 Å². The van der Waals surface area contributed by atoms with Gasteiger partial charge in [-0.05, 0) is 37.1 Å². The second-order valence-corrected chi connectivity index (χ2v) is 7.12. The highest BCUT2D eigenvalue weighted by Gasteiger charge is 2.24. The Labute approximate surface area is 169 Å². The molecule has 1 aliphatic carbocycles. The largest absolute Gasteiger partial charge is 0.480 e. The third-order valence-corrected chi connectivity index (χ3v) is 5.13. The molecule has 0 bridgehead atoms. The average molecular weight is 392 g/mol. The van der Waals surface area contributed by atoms with Crippen LogP contribution in [0.1, 0.15) is 25.7 Å². The van der Waals surface area contributed by atoms with Crippen LogP contribution in [0.25, 0.3) is 10.8 Å². The highest BCUT2D eigenvalue weighted by molar-refractivity contribution is 6.01. The summed E-state index contributed by atoms with van der Waals surface area (Å²) >= 11 is 0. The molecule has 7 heteroatoms. The van der Waals surface area contributed by atoms with Gasteiger partial charge in [-0.3, -0.25) is 4.98 Å². The molecule has 0 radical (unpaired) electrons. The van der Waals surface area contributed by atoms with Crippen LogP contribution in [0.5, 0.6) is 11.8 Å².